The summed E-state index contributed by atoms with van der Waals surface area (Å²) < 4.78 is 11.6. The van der Waals surface area contributed by atoms with Crippen molar-refractivity contribution < 1.29 is 24.3 Å². The van der Waals surface area contributed by atoms with Gasteiger partial charge in [0.15, 0.2) is 0 Å². The Balaban J connectivity index is 1.73. The maximum Gasteiger partial charge on any atom is 0.338 e. The number of aromatic nitrogens is 2. The zero-order chi connectivity index (χ0) is 22.5. The number of rotatable bonds is 8. The van der Waals surface area contributed by atoms with Crippen LogP contribution in [0.1, 0.15) is 17.3 Å². The third-order valence-electron chi connectivity index (χ3n) is 4.28. The minimum absolute atomic E-state index is 0.00820. The van der Waals surface area contributed by atoms with Crippen LogP contribution in [0.5, 0.6) is 5.75 Å². The number of benzene rings is 2. The van der Waals surface area contributed by atoms with Gasteiger partial charge in [-0.2, -0.15) is 0 Å². The van der Waals surface area contributed by atoms with Crippen molar-refractivity contribution in [3.05, 3.63) is 73.8 Å². The van der Waals surface area contributed by atoms with Gasteiger partial charge in [0.25, 0.3) is 11.2 Å². The molecule has 31 heavy (non-hydrogen) atoms. The summed E-state index contributed by atoms with van der Waals surface area (Å²) in [6.45, 7) is 1.62. The highest BCUT2D eigenvalue weighted by molar-refractivity contribution is 6.33. The van der Waals surface area contributed by atoms with Crippen LogP contribution in [0.3, 0.4) is 0 Å². The Kier molecular flexibility index (Phi) is 6.83. The van der Waals surface area contributed by atoms with E-state index in [4.69, 9.17) is 21.1 Å². The molecule has 0 amide bonds. The van der Waals surface area contributed by atoms with Gasteiger partial charge in [-0.1, -0.05) is 17.7 Å². The average molecular weight is 448 g/mol. The summed E-state index contributed by atoms with van der Waals surface area (Å²) in [4.78, 5) is 38.9. The van der Waals surface area contributed by atoms with E-state index in [9.17, 15) is 24.8 Å². The number of hydrogen-bond acceptors (Lipinski definition) is 8. The molecule has 1 atom stereocenters. The minimum Gasteiger partial charge on any atom is -0.491 e. The molecule has 3 aromatic rings. The number of halogens is 1. The number of nitro groups is 1. The predicted molar refractivity (Wildman–Crippen MR) is 112 cm³/mol. The van der Waals surface area contributed by atoms with Gasteiger partial charge < -0.3 is 14.6 Å². The first-order chi connectivity index (χ1) is 14.8. The summed E-state index contributed by atoms with van der Waals surface area (Å²) in [5, 5.41) is 21.2. The number of hydrogen-bond donors (Lipinski definition) is 1. The van der Waals surface area contributed by atoms with E-state index in [0.717, 1.165) is 10.6 Å². The molecule has 162 valence electrons. The number of esters is 1. The van der Waals surface area contributed by atoms with Crippen molar-refractivity contribution in [1.82, 2.24) is 9.55 Å². The molecule has 11 heteroatoms. The lowest BCUT2D eigenvalue weighted by molar-refractivity contribution is -0.384. The van der Waals surface area contributed by atoms with Crippen LogP contribution < -0.4 is 10.3 Å². The number of carbonyl (C=O) groups excluding carboxylic acids is 1. The van der Waals surface area contributed by atoms with E-state index in [0.29, 0.717) is 11.3 Å². The molecular formula is C20H18ClN3O7. The molecule has 0 saturated carbocycles. The zero-order valence-electron chi connectivity index (χ0n) is 16.4. The molecule has 0 aliphatic heterocycles. The predicted octanol–water partition coefficient (Wildman–Crippen LogP) is 2.57. The number of aliphatic hydroxyl groups is 1. The van der Waals surface area contributed by atoms with Crippen LogP contribution in [0.2, 0.25) is 5.02 Å². The van der Waals surface area contributed by atoms with E-state index >= 15 is 0 Å². The van der Waals surface area contributed by atoms with Crippen LogP contribution in [0.15, 0.2) is 47.5 Å². The van der Waals surface area contributed by atoms with E-state index in [2.05, 4.69) is 4.98 Å². The second-order valence-electron chi connectivity index (χ2n) is 6.49. The highest BCUT2D eigenvalue weighted by Gasteiger charge is 2.17. The molecule has 1 aromatic heterocycles. The highest BCUT2D eigenvalue weighted by atomic mass is 35.5. The summed E-state index contributed by atoms with van der Waals surface area (Å²) >= 11 is 5.85. The van der Waals surface area contributed by atoms with Crippen molar-refractivity contribution in [3.8, 4) is 5.75 Å². The van der Waals surface area contributed by atoms with Crippen LogP contribution in [0.25, 0.3) is 10.9 Å². The number of carbonyl (C=O) groups is 1. The monoisotopic (exact) mass is 447 g/mol. The average Bonchev–Trinajstić information content (AvgIpc) is 2.74. The quantitative estimate of drug-likeness (QED) is 0.316. The van der Waals surface area contributed by atoms with Crippen LogP contribution >= 0.6 is 11.6 Å². The van der Waals surface area contributed by atoms with E-state index in [1.165, 1.54) is 18.5 Å². The lowest BCUT2D eigenvalue weighted by Crippen LogP contribution is -2.30. The van der Waals surface area contributed by atoms with Crippen molar-refractivity contribution in [2.75, 3.05) is 13.2 Å². The Morgan fingerprint density at radius 1 is 1.35 bits per heavy atom. The lowest BCUT2D eigenvalue weighted by atomic mass is 10.2. The lowest BCUT2D eigenvalue weighted by Gasteiger charge is -2.14. The topological polar surface area (TPSA) is 134 Å². The molecule has 3 rings (SSSR count). The highest BCUT2D eigenvalue weighted by Crippen LogP contribution is 2.27. The molecule has 1 N–H and O–H groups in total. The van der Waals surface area contributed by atoms with Gasteiger partial charge in [-0.05, 0) is 31.2 Å². The third-order valence-corrected chi connectivity index (χ3v) is 4.59. The Labute approximate surface area is 180 Å². The van der Waals surface area contributed by atoms with Crippen molar-refractivity contribution >= 4 is 34.2 Å². The van der Waals surface area contributed by atoms with Gasteiger partial charge in [0.1, 0.15) is 23.5 Å². The van der Waals surface area contributed by atoms with Gasteiger partial charge in [0, 0.05) is 6.07 Å². The Morgan fingerprint density at radius 2 is 2.13 bits per heavy atom. The summed E-state index contributed by atoms with van der Waals surface area (Å²) in [6.07, 6.45) is 0.128. The first kappa shape index (κ1) is 22.2. The second kappa shape index (κ2) is 9.54. The first-order valence-corrected chi connectivity index (χ1v) is 9.59. The molecule has 1 heterocycles. The van der Waals surface area contributed by atoms with Gasteiger partial charge in [-0.25, -0.2) is 9.78 Å². The van der Waals surface area contributed by atoms with Crippen LogP contribution in [0.4, 0.5) is 5.69 Å². The fourth-order valence-electron chi connectivity index (χ4n) is 2.84. The fourth-order valence-corrected chi connectivity index (χ4v) is 3.06. The maximum absolute atomic E-state index is 12.7. The summed E-state index contributed by atoms with van der Waals surface area (Å²) in [7, 11) is 0. The SMILES string of the molecule is CCOC(=O)c1cccc(OC[C@@H](O)Cn2cnc3cc(Cl)c([N+](=O)[O-])cc3c2=O)c1. The van der Waals surface area contributed by atoms with Crippen molar-refractivity contribution in [3.63, 3.8) is 0 Å². The van der Waals surface area contributed by atoms with E-state index in [-0.39, 0.29) is 35.7 Å². The van der Waals surface area contributed by atoms with E-state index < -0.39 is 28.2 Å². The first-order valence-electron chi connectivity index (χ1n) is 9.21. The normalized spacial score (nSPS) is 11.8. The number of nitrogens with zero attached hydrogens (tertiary/aromatic N) is 3. The van der Waals surface area contributed by atoms with Crippen LogP contribution in [-0.4, -0.2) is 44.9 Å². The summed E-state index contributed by atoms with van der Waals surface area (Å²) in [6, 6.07) is 8.60. The Hall–Kier alpha value is -3.50. The number of fused-ring (bicyclic) bond motifs is 1. The zero-order valence-corrected chi connectivity index (χ0v) is 17.1. The Bertz CT molecular complexity index is 1200. The van der Waals surface area contributed by atoms with Crippen molar-refractivity contribution in [1.29, 1.82) is 0 Å². The second-order valence-corrected chi connectivity index (χ2v) is 6.90. The third kappa shape index (κ3) is 5.16. The van der Waals surface area contributed by atoms with Gasteiger partial charge in [0.2, 0.25) is 0 Å². The molecule has 2 aromatic carbocycles. The molecule has 0 fully saturated rings. The molecule has 10 nitrogen and oxygen atoms in total. The minimum atomic E-state index is -1.09. The molecule has 0 saturated heterocycles. The van der Waals surface area contributed by atoms with Gasteiger partial charge >= 0.3 is 5.97 Å². The van der Waals surface area contributed by atoms with Crippen molar-refractivity contribution in [2.45, 2.75) is 19.6 Å². The number of nitro benzene ring substituents is 1. The molecule has 0 spiro atoms. The van der Waals surface area contributed by atoms with Crippen molar-refractivity contribution in [2.24, 2.45) is 0 Å². The standard InChI is InChI=1S/C20H18ClN3O7/c1-2-30-20(27)12-4-3-5-14(6-12)31-10-13(25)9-23-11-22-17-8-16(21)18(24(28)29)7-15(17)19(23)26/h3-8,11,13,25H,2,9-10H2,1H3/t13-/m0/s1. The molecule has 0 aliphatic rings. The largest absolute Gasteiger partial charge is 0.491 e. The molecule has 0 aliphatic carbocycles. The van der Waals surface area contributed by atoms with Crippen LogP contribution in [-0.2, 0) is 11.3 Å². The van der Waals surface area contributed by atoms with Gasteiger partial charge in [-0.15, -0.1) is 0 Å². The number of ether oxygens (including phenoxy) is 2. The molecule has 0 radical (unpaired) electrons. The molecular weight excluding hydrogens is 430 g/mol. The van der Waals surface area contributed by atoms with Gasteiger partial charge in [0.05, 0.1) is 40.9 Å². The summed E-state index contributed by atoms with van der Waals surface area (Å²) in [5.41, 5.74) is -0.452. The maximum atomic E-state index is 12.7. The molecule has 0 unspecified atom stereocenters. The smallest absolute Gasteiger partial charge is 0.338 e. The fraction of sp³-hybridized carbons (Fsp3) is 0.250. The van der Waals surface area contributed by atoms with E-state index in [1.54, 1.807) is 25.1 Å². The summed E-state index contributed by atoms with van der Waals surface area (Å²) in [5.74, 6) is -0.143. The van der Waals surface area contributed by atoms with Gasteiger partial charge in [-0.3, -0.25) is 19.5 Å². The Morgan fingerprint density at radius 3 is 2.84 bits per heavy atom. The number of aliphatic hydroxyl groups excluding tert-OH is 1. The van der Waals surface area contributed by atoms with Crippen LogP contribution in [0, 0.1) is 10.1 Å². The van der Waals surface area contributed by atoms with E-state index in [1.807, 2.05) is 0 Å². The molecule has 0 bridgehead atoms.